The second-order valence-electron chi connectivity index (χ2n) is 5.30. The van der Waals surface area contributed by atoms with E-state index in [4.69, 9.17) is 0 Å². The number of hydrogen-bond donors (Lipinski definition) is 0. The first kappa shape index (κ1) is 14.3. The van der Waals surface area contributed by atoms with Crippen molar-refractivity contribution in [3.63, 3.8) is 0 Å². The molecular weight excluding hydrogens is 188 g/mol. The lowest BCUT2D eigenvalue weighted by Gasteiger charge is -2.20. The van der Waals surface area contributed by atoms with Gasteiger partial charge in [0, 0.05) is 11.8 Å². The zero-order valence-corrected chi connectivity index (χ0v) is 10.8. The highest BCUT2D eigenvalue weighted by molar-refractivity contribution is 6.03. The van der Waals surface area contributed by atoms with Crippen LogP contribution in [0.25, 0.3) is 0 Å². The zero-order valence-electron chi connectivity index (χ0n) is 10.8. The fraction of sp³-hybridized carbons (Fsp3) is 0.846. The Morgan fingerprint density at radius 1 is 0.800 bits per heavy atom. The van der Waals surface area contributed by atoms with Gasteiger partial charge in [-0.2, -0.15) is 0 Å². The van der Waals surface area contributed by atoms with Crippen molar-refractivity contribution in [1.29, 1.82) is 0 Å². The molecule has 0 heterocycles. The van der Waals surface area contributed by atoms with Crippen molar-refractivity contribution < 1.29 is 9.59 Å². The topological polar surface area (TPSA) is 34.1 Å². The summed E-state index contributed by atoms with van der Waals surface area (Å²) in [5.41, 5.74) is 0. The Labute approximate surface area is 93.4 Å². The van der Waals surface area contributed by atoms with Crippen LogP contribution in [0.4, 0.5) is 0 Å². The summed E-state index contributed by atoms with van der Waals surface area (Å²) in [5.74, 6) is 0.114. The van der Waals surface area contributed by atoms with Crippen LogP contribution in [0.2, 0.25) is 0 Å². The Morgan fingerprint density at radius 3 is 1.33 bits per heavy atom. The van der Waals surface area contributed by atoms with E-state index in [1.165, 1.54) is 0 Å². The van der Waals surface area contributed by atoms with Crippen molar-refractivity contribution in [3.05, 3.63) is 0 Å². The molecule has 0 amide bonds. The van der Waals surface area contributed by atoms with Gasteiger partial charge in [0.2, 0.25) is 0 Å². The van der Waals surface area contributed by atoms with Gasteiger partial charge in [0.15, 0.2) is 0 Å². The van der Waals surface area contributed by atoms with Gasteiger partial charge in [-0.1, -0.05) is 41.5 Å². The Morgan fingerprint density at radius 2 is 1.13 bits per heavy atom. The smallest absolute Gasteiger partial charge is 0.145 e. The van der Waals surface area contributed by atoms with E-state index in [2.05, 4.69) is 0 Å². The highest BCUT2D eigenvalue weighted by Gasteiger charge is 2.30. The summed E-state index contributed by atoms with van der Waals surface area (Å²) in [5, 5.41) is 0. The van der Waals surface area contributed by atoms with Crippen LogP contribution < -0.4 is 0 Å². The third-order valence-corrected chi connectivity index (χ3v) is 2.53. The molecule has 0 N–H and O–H groups in total. The predicted molar refractivity (Wildman–Crippen MR) is 62.6 cm³/mol. The SMILES string of the molecule is CC(C)CC(C(=O)C(C)C)C(=O)C(C)C. The van der Waals surface area contributed by atoms with Crippen LogP contribution >= 0.6 is 0 Å². The third kappa shape index (κ3) is 4.59. The van der Waals surface area contributed by atoms with Gasteiger partial charge in [-0.15, -0.1) is 0 Å². The second kappa shape index (κ2) is 6.04. The molecule has 0 radical (unpaired) electrons. The van der Waals surface area contributed by atoms with Crippen LogP contribution in [0.15, 0.2) is 0 Å². The molecule has 88 valence electrons. The average Bonchev–Trinajstić information content (AvgIpc) is 2.11. The van der Waals surface area contributed by atoms with Crippen LogP contribution in [-0.2, 0) is 9.59 Å². The van der Waals surface area contributed by atoms with E-state index in [9.17, 15) is 9.59 Å². The summed E-state index contributed by atoms with van der Waals surface area (Å²) in [6.45, 7) is 11.6. The maximum atomic E-state index is 11.9. The van der Waals surface area contributed by atoms with E-state index in [1.54, 1.807) is 0 Å². The molecule has 0 fully saturated rings. The molecule has 0 rings (SSSR count). The molecule has 0 aromatic rings. The first-order valence-electron chi connectivity index (χ1n) is 5.84. The third-order valence-electron chi connectivity index (χ3n) is 2.53. The number of rotatable bonds is 6. The minimum Gasteiger partial charge on any atom is -0.299 e. The van der Waals surface area contributed by atoms with Gasteiger partial charge in [-0.3, -0.25) is 9.59 Å². The van der Waals surface area contributed by atoms with Crippen molar-refractivity contribution in [1.82, 2.24) is 0 Å². The maximum Gasteiger partial charge on any atom is 0.145 e. The van der Waals surface area contributed by atoms with Crippen LogP contribution in [0.1, 0.15) is 48.0 Å². The van der Waals surface area contributed by atoms with Gasteiger partial charge in [-0.25, -0.2) is 0 Å². The van der Waals surface area contributed by atoms with E-state index in [1.807, 2.05) is 41.5 Å². The number of ketones is 2. The van der Waals surface area contributed by atoms with Crippen molar-refractivity contribution in [3.8, 4) is 0 Å². The van der Waals surface area contributed by atoms with Crippen molar-refractivity contribution >= 4 is 11.6 Å². The van der Waals surface area contributed by atoms with Gasteiger partial charge < -0.3 is 0 Å². The first-order chi connectivity index (χ1) is 6.77. The molecule has 0 aromatic heterocycles. The normalized spacial score (nSPS) is 11.9. The van der Waals surface area contributed by atoms with Gasteiger partial charge >= 0.3 is 0 Å². The molecule has 0 aliphatic heterocycles. The maximum absolute atomic E-state index is 11.9. The number of Topliss-reactive ketones (excluding diaryl/α,β-unsaturated/α-hetero) is 2. The Kier molecular flexibility index (Phi) is 5.77. The molecule has 0 saturated carbocycles. The summed E-state index contributed by atoms with van der Waals surface area (Å²) in [6, 6.07) is 0. The van der Waals surface area contributed by atoms with Crippen LogP contribution in [0.5, 0.6) is 0 Å². The van der Waals surface area contributed by atoms with Crippen LogP contribution in [0, 0.1) is 23.7 Å². The fourth-order valence-electron chi connectivity index (χ4n) is 1.65. The van der Waals surface area contributed by atoms with Crippen LogP contribution in [-0.4, -0.2) is 11.6 Å². The Hall–Kier alpha value is -0.660. The lowest BCUT2D eigenvalue weighted by atomic mass is 9.82. The molecule has 0 atom stereocenters. The van der Waals surface area contributed by atoms with Crippen molar-refractivity contribution in [2.75, 3.05) is 0 Å². The lowest BCUT2D eigenvalue weighted by Crippen LogP contribution is -2.31. The van der Waals surface area contributed by atoms with E-state index in [-0.39, 0.29) is 29.3 Å². The molecule has 2 nitrogen and oxygen atoms in total. The molecule has 0 saturated heterocycles. The molecular formula is C13H24O2. The molecule has 0 aliphatic rings. The molecule has 2 heteroatoms. The number of hydrogen-bond acceptors (Lipinski definition) is 2. The predicted octanol–water partition coefficient (Wildman–Crippen LogP) is 3.10. The molecule has 0 aromatic carbocycles. The van der Waals surface area contributed by atoms with E-state index < -0.39 is 0 Å². The van der Waals surface area contributed by atoms with E-state index in [0.717, 1.165) is 0 Å². The summed E-state index contributed by atoms with van der Waals surface area (Å²) < 4.78 is 0. The molecule has 0 aliphatic carbocycles. The first-order valence-corrected chi connectivity index (χ1v) is 5.84. The van der Waals surface area contributed by atoms with E-state index in [0.29, 0.717) is 12.3 Å². The monoisotopic (exact) mass is 212 g/mol. The number of carbonyl (C=O) groups excluding carboxylic acids is 2. The lowest BCUT2D eigenvalue weighted by molar-refractivity contribution is -0.137. The van der Waals surface area contributed by atoms with E-state index >= 15 is 0 Å². The van der Waals surface area contributed by atoms with Crippen molar-refractivity contribution in [2.45, 2.75) is 48.0 Å². The fourth-order valence-corrected chi connectivity index (χ4v) is 1.65. The van der Waals surface area contributed by atoms with Gasteiger partial charge in [-0.05, 0) is 12.3 Å². The minimum atomic E-state index is -0.384. The quantitative estimate of drug-likeness (QED) is 0.634. The molecule has 0 spiro atoms. The Bertz CT molecular complexity index is 207. The van der Waals surface area contributed by atoms with Gasteiger partial charge in [0.05, 0.1) is 5.92 Å². The summed E-state index contributed by atoms with van der Waals surface area (Å²) in [6.07, 6.45) is 0.689. The standard InChI is InChI=1S/C13H24O2/c1-8(2)7-11(12(14)9(3)4)13(15)10(5)6/h8-11H,7H2,1-6H3. The highest BCUT2D eigenvalue weighted by atomic mass is 16.2. The molecule has 0 bridgehead atoms. The second-order valence-corrected chi connectivity index (χ2v) is 5.30. The summed E-state index contributed by atoms with van der Waals surface area (Å²) >= 11 is 0. The molecule has 0 unspecified atom stereocenters. The van der Waals surface area contributed by atoms with Gasteiger partial charge in [0.25, 0.3) is 0 Å². The largest absolute Gasteiger partial charge is 0.299 e. The minimum absolute atomic E-state index is 0.0450. The molecule has 15 heavy (non-hydrogen) atoms. The summed E-state index contributed by atoms with van der Waals surface area (Å²) in [4.78, 5) is 23.8. The Balaban J connectivity index is 4.73. The zero-order chi connectivity index (χ0) is 12.2. The van der Waals surface area contributed by atoms with Crippen molar-refractivity contribution in [2.24, 2.45) is 23.7 Å². The van der Waals surface area contributed by atoms with Gasteiger partial charge in [0.1, 0.15) is 11.6 Å². The summed E-state index contributed by atoms with van der Waals surface area (Å²) in [7, 11) is 0. The highest BCUT2D eigenvalue weighted by Crippen LogP contribution is 2.21. The van der Waals surface area contributed by atoms with Crippen LogP contribution in [0.3, 0.4) is 0 Å². The average molecular weight is 212 g/mol. The number of carbonyl (C=O) groups is 2.